The van der Waals surface area contributed by atoms with Crippen LogP contribution in [0.1, 0.15) is 30.4 Å². The average molecular weight is 334 g/mol. The van der Waals surface area contributed by atoms with Crippen LogP contribution in [-0.4, -0.2) is 54.7 Å². The number of hydrogen-bond acceptors (Lipinski definition) is 4. The van der Waals surface area contributed by atoms with Gasteiger partial charge in [0.05, 0.1) is 13.7 Å². The Morgan fingerprint density at radius 3 is 2.96 bits per heavy atom. The van der Waals surface area contributed by atoms with Crippen molar-refractivity contribution in [2.24, 2.45) is 0 Å². The molecule has 2 amide bonds. The first-order valence-corrected chi connectivity index (χ1v) is 8.38. The summed E-state index contributed by atoms with van der Waals surface area (Å²) in [5.74, 6) is 0.257. The van der Waals surface area contributed by atoms with Gasteiger partial charge in [-0.05, 0) is 44.2 Å². The number of likely N-dealkylation sites (tertiary alicyclic amines) is 1. The fraction of sp³-hybridized carbons (Fsp3) is 0.556. The molecule has 1 aliphatic heterocycles. The summed E-state index contributed by atoms with van der Waals surface area (Å²) in [5.41, 5.74) is 2.18. The number of benzene rings is 1. The molecule has 1 aromatic carbocycles. The maximum absolute atomic E-state index is 12.1. The molecular weight excluding hydrogens is 308 g/mol. The monoisotopic (exact) mass is 334 g/mol. The van der Waals surface area contributed by atoms with Crippen molar-refractivity contribution in [2.45, 2.75) is 38.7 Å². The highest BCUT2D eigenvalue weighted by molar-refractivity contribution is 5.87. The van der Waals surface area contributed by atoms with Gasteiger partial charge in [-0.2, -0.15) is 0 Å². The van der Waals surface area contributed by atoms with Gasteiger partial charge in [-0.25, -0.2) is 0 Å². The van der Waals surface area contributed by atoms with Gasteiger partial charge in [-0.1, -0.05) is 17.7 Å². The Morgan fingerprint density at radius 2 is 2.21 bits per heavy atom. The first kappa shape index (κ1) is 18.3. The summed E-state index contributed by atoms with van der Waals surface area (Å²) in [5, 5.41) is 12.5. The van der Waals surface area contributed by atoms with Crippen LogP contribution in [0.3, 0.4) is 0 Å². The number of carbonyl (C=O) groups excluding carboxylic acids is 2. The summed E-state index contributed by atoms with van der Waals surface area (Å²) in [6, 6.07) is 5.95. The first-order chi connectivity index (χ1) is 11.5. The van der Waals surface area contributed by atoms with Gasteiger partial charge in [0.2, 0.25) is 5.91 Å². The van der Waals surface area contributed by atoms with Gasteiger partial charge in [0.25, 0.3) is 5.91 Å². The Bertz CT molecular complexity index is 588. The molecule has 0 bridgehead atoms. The number of hydrogen-bond donors (Lipinski definition) is 2. The molecule has 1 aromatic rings. The summed E-state index contributed by atoms with van der Waals surface area (Å²) in [6.45, 7) is 3.01. The molecule has 1 atom stereocenters. The Balaban J connectivity index is 1.83. The molecule has 0 aliphatic carbocycles. The topological polar surface area (TPSA) is 78.9 Å². The molecule has 0 saturated carbocycles. The van der Waals surface area contributed by atoms with Gasteiger partial charge in [-0.15, -0.1) is 0 Å². The van der Waals surface area contributed by atoms with Crippen molar-refractivity contribution < 1.29 is 19.4 Å². The third-order valence-electron chi connectivity index (χ3n) is 4.24. The molecule has 0 aromatic heterocycles. The molecule has 1 unspecified atom stereocenters. The lowest BCUT2D eigenvalue weighted by atomic mass is 10.1. The lowest BCUT2D eigenvalue weighted by Gasteiger charge is -2.21. The molecule has 132 valence electrons. The second-order valence-corrected chi connectivity index (χ2v) is 6.19. The smallest absolute Gasteiger partial charge is 0.251 e. The second-order valence-electron chi connectivity index (χ2n) is 6.19. The van der Waals surface area contributed by atoms with Crippen molar-refractivity contribution in [1.29, 1.82) is 0 Å². The lowest BCUT2D eigenvalue weighted by molar-refractivity contribution is -0.142. The predicted octanol–water partition coefficient (Wildman–Crippen LogP) is 1.04. The number of nitrogens with one attached hydrogen (secondary N) is 1. The number of carbonyl (C=O) groups is 2. The number of aliphatic hydroxyl groups is 1. The fourth-order valence-corrected chi connectivity index (χ4v) is 2.91. The van der Waals surface area contributed by atoms with Crippen LogP contribution in [0.5, 0.6) is 5.75 Å². The average Bonchev–Trinajstić information content (AvgIpc) is 2.71. The van der Waals surface area contributed by atoms with Crippen LogP contribution in [-0.2, 0) is 16.0 Å². The molecule has 1 saturated heterocycles. The van der Waals surface area contributed by atoms with Crippen LogP contribution in [0, 0.1) is 6.92 Å². The highest BCUT2D eigenvalue weighted by atomic mass is 16.5. The van der Waals surface area contributed by atoms with E-state index in [2.05, 4.69) is 5.32 Å². The minimum atomic E-state index is -0.975. The highest BCUT2D eigenvalue weighted by Gasteiger charge is 2.26. The molecule has 0 radical (unpaired) electrons. The van der Waals surface area contributed by atoms with E-state index in [1.54, 1.807) is 7.11 Å². The van der Waals surface area contributed by atoms with Gasteiger partial charge in [0.15, 0.2) is 0 Å². The van der Waals surface area contributed by atoms with E-state index < -0.39 is 6.10 Å². The quantitative estimate of drug-likeness (QED) is 0.815. The maximum atomic E-state index is 12.1. The molecule has 2 N–H and O–H groups in total. The van der Waals surface area contributed by atoms with Crippen molar-refractivity contribution in [3.63, 3.8) is 0 Å². The van der Waals surface area contributed by atoms with Crippen LogP contribution < -0.4 is 10.1 Å². The fourth-order valence-electron chi connectivity index (χ4n) is 2.91. The lowest BCUT2D eigenvalue weighted by Crippen LogP contribution is -2.44. The third-order valence-corrected chi connectivity index (χ3v) is 4.24. The summed E-state index contributed by atoms with van der Waals surface area (Å²) in [4.78, 5) is 25.5. The van der Waals surface area contributed by atoms with Gasteiger partial charge >= 0.3 is 0 Å². The minimum absolute atomic E-state index is 0.000839. The Hall–Kier alpha value is -2.08. The zero-order chi connectivity index (χ0) is 17.5. The molecule has 1 fully saturated rings. The van der Waals surface area contributed by atoms with Crippen LogP contribution >= 0.6 is 0 Å². The summed E-state index contributed by atoms with van der Waals surface area (Å²) in [6.07, 6.45) is 1.78. The molecule has 1 heterocycles. The number of nitrogens with zero attached hydrogens (tertiary/aromatic N) is 1. The first-order valence-electron chi connectivity index (χ1n) is 8.38. The standard InChI is InChI=1S/C18H26N2O4/c1-13-6-7-16(24-2)14(11-13)8-9-19-17(22)12-20-10-4-3-5-15(21)18(20)23/h6-7,11,15,21H,3-5,8-10,12H2,1-2H3,(H,19,22). The number of aryl methyl sites for hydroxylation is 1. The van der Waals surface area contributed by atoms with E-state index in [0.717, 1.165) is 29.7 Å². The predicted molar refractivity (Wildman–Crippen MR) is 90.9 cm³/mol. The molecular formula is C18H26N2O4. The second kappa shape index (κ2) is 8.68. The van der Waals surface area contributed by atoms with Crippen molar-refractivity contribution in [2.75, 3.05) is 26.7 Å². The number of amides is 2. The van der Waals surface area contributed by atoms with E-state index in [1.165, 1.54) is 4.90 Å². The zero-order valence-corrected chi connectivity index (χ0v) is 14.4. The normalized spacial score (nSPS) is 18.2. The largest absolute Gasteiger partial charge is 0.496 e. The van der Waals surface area contributed by atoms with E-state index in [4.69, 9.17) is 4.74 Å². The van der Waals surface area contributed by atoms with Gasteiger partial charge in [0.1, 0.15) is 11.9 Å². The zero-order valence-electron chi connectivity index (χ0n) is 14.4. The minimum Gasteiger partial charge on any atom is -0.496 e. The number of ether oxygens (including phenoxy) is 1. The summed E-state index contributed by atoms with van der Waals surface area (Å²) in [7, 11) is 1.63. The van der Waals surface area contributed by atoms with Crippen LogP contribution in [0.2, 0.25) is 0 Å². The highest BCUT2D eigenvalue weighted by Crippen LogP contribution is 2.19. The molecule has 24 heavy (non-hydrogen) atoms. The SMILES string of the molecule is COc1ccc(C)cc1CCNC(=O)CN1CCCCC(O)C1=O. The molecule has 0 spiro atoms. The van der Waals surface area contributed by atoms with Crippen molar-refractivity contribution in [3.05, 3.63) is 29.3 Å². The van der Waals surface area contributed by atoms with Gasteiger partial charge in [-0.3, -0.25) is 9.59 Å². The summed E-state index contributed by atoms with van der Waals surface area (Å²) < 4.78 is 5.33. The van der Waals surface area contributed by atoms with E-state index in [-0.39, 0.29) is 18.4 Å². The molecule has 6 nitrogen and oxygen atoms in total. The van der Waals surface area contributed by atoms with E-state index in [1.807, 2.05) is 25.1 Å². The van der Waals surface area contributed by atoms with Crippen molar-refractivity contribution in [1.82, 2.24) is 10.2 Å². The van der Waals surface area contributed by atoms with Crippen LogP contribution in [0.15, 0.2) is 18.2 Å². The van der Waals surface area contributed by atoms with E-state index >= 15 is 0 Å². The number of aliphatic hydroxyl groups excluding tert-OH is 1. The third kappa shape index (κ3) is 4.96. The number of methoxy groups -OCH3 is 1. The summed E-state index contributed by atoms with van der Waals surface area (Å²) >= 11 is 0. The van der Waals surface area contributed by atoms with Crippen molar-refractivity contribution in [3.8, 4) is 5.75 Å². The number of rotatable bonds is 6. The van der Waals surface area contributed by atoms with Crippen LogP contribution in [0.25, 0.3) is 0 Å². The Labute approximate surface area is 142 Å². The Morgan fingerprint density at radius 1 is 1.42 bits per heavy atom. The maximum Gasteiger partial charge on any atom is 0.251 e. The van der Waals surface area contributed by atoms with Gasteiger partial charge in [0, 0.05) is 13.1 Å². The molecule has 2 rings (SSSR count). The molecule has 6 heteroatoms. The van der Waals surface area contributed by atoms with E-state index in [0.29, 0.717) is 25.9 Å². The van der Waals surface area contributed by atoms with Gasteiger partial charge < -0.3 is 20.1 Å². The molecule has 1 aliphatic rings. The Kier molecular flexibility index (Phi) is 6.61. The van der Waals surface area contributed by atoms with Crippen LogP contribution in [0.4, 0.5) is 0 Å². The van der Waals surface area contributed by atoms with Crippen molar-refractivity contribution >= 4 is 11.8 Å². The van der Waals surface area contributed by atoms with E-state index in [9.17, 15) is 14.7 Å².